The largest absolute Gasteiger partial charge is 0.422 e. The predicted octanol–water partition coefficient (Wildman–Crippen LogP) is -0.576. The molecule has 4 atom stereocenters. The van der Waals surface area contributed by atoms with Crippen molar-refractivity contribution in [3.05, 3.63) is 40.2 Å². The fraction of sp³-hybridized carbons (Fsp3) is 0.500. The van der Waals surface area contributed by atoms with Crippen molar-refractivity contribution in [2.24, 2.45) is 0 Å². The van der Waals surface area contributed by atoms with Crippen molar-refractivity contribution in [2.45, 2.75) is 38.1 Å². The van der Waals surface area contributed by atoms with Gasteiger partial charge in [-0.3, -0.25) is 4.79 Å². The molecule has 2 heterocycles. The van der Waals surface area contributed by atoms with Crippen LogP contribution >= 0.6 is 0 Å². The minimum atomic E-state index is -1.14. The molecule has 1 amide bonds. The Labute approximate surface area is 167 Å². The Kier molecular flexibility index (Phi) is 6.53. The number of hydrogen-bond acceptors (Lipinski definition) is 8. The molecule has 0 bridgehead atoms. The Balaban J connectivity index is 1.75. The summed E-state index contributed by atoms with van der Waals surface area (Å²) in [5.41, 5.74) is 0.443. The quantitative estimate of drug-likeness (QED) is 0.386. The molecule has 1 aliphatic rings. The van der Waals surface area contributed by atoms with E-state index in [0.29, 0.717) is 11.0 Å². The van der Waals surface area contributed by atoms with Crippen LogP contribution in [0, 0.1) is 0 Å². The predicted molar refractivity (Wildman–Crippen MR) is 108 cm³/mol. The van der Waals surface area contributed by atoms with Crippen molar-refractivity contribution in [3.63, 3.8) is 0 Å². The lowest BCUT2D eigenvalue weighted by Crippen LogP contribution is -2.45. The third kappa shape index (κ3) is 4.27. The summed E-state index contributed by atoms with van der Waals surface area (Å²) >= 11 is 0. The van der Waals surface area contributed by atoms with E-state index in [1.165, 1.54) is 6.07 Å². The maximum absolute atomic E-state index is 12.5. The molecule has 158 valence electrons. The molecule has 3 rings (SSSR count). The number of nitrogens with zero attached hydrogens (tertiary/aromatic N) is 1. The topological polar surface area (TPSA) is 135 Å². The summed E-state index contributed by atoms with van der Waals surface area (Å²) in [6.45, 7) is 5.35. The number of benzene rings is 1. The lowest BCUT2D eigenvalue weighted by Gasteiger charge is -2.21. The monoisotopic (exact) mass is 405 g/mol. The Bertz CT molecular complexity index is 926. The van der Waals surface area contributed by atoms with Crippen molar-refractivity contribution < 1.29 is 24.5 Å². The molecule has 0 saturated carbocycles. The van der Waals surface area contributed by atoms with E-state index in [1.807, 2.05) is 19.9 Å². The van der Waals surface area contributed by atoms with Crippen molar-refractivity contribution in [1.82, 2.24) is 10.6 Å². The molecular weight excluding hydrogens is 378 g/mol. The van der Waals surface area contributed by atoms with Gasteiger partial charge in [0.15, 0.2) is 0 Å². The van der Waals surface area contributed by atoms with Gasteiger partial charge in [0.1, 0.15) is 11.1 Å². The highest BCUT2D eigenvalue weighted by atomic mass is 16.4. The smallest absolute Gasteiger partial charge is 0.349 e. The molecule has 29 heavy (non-hydrogen) atoms. The maximum Gasteiger partial charge on any atom is 0.349 e. The number of carbonyl (C=O) groups is 1. The number of carbonyl (C=O) groups excluding carboxylic acids is 1. The van der Waals surface area contributed by atoms with Crippen LogP contribution < -0.4 is 21.2 Å². The summed E-state index contributed by atoms with van der Waals surface area (Å²) in [6, 6.07) is 5.65. The van der Waals surface area contributed by atoms with E-state index in [1.54, 1.807) is 12.1 Å². The lowest BCUT2D eigenvalue weighted by atomic mass is 10.1. The van der Waals surface area contributed by atoms with Crippen LogP contribution in [0.15, 0.2) is 33.5 Å². The van der Waals surface area contributed by atoms with Crippen LogP contribution in [0.5, 0.6) is 0 Å². The summed E-state index contributed by atoms with van der Waals surface area (Å²) in [6.07, 6.45) is -2.27. The molecular formula is C20H27N3O6. The first-order valence-electron chi connectivity index (χ1n) is 9.73. The van der Waals surface area contributed by atoms with Gasteiger partial charge in [-0.25, -0.2) is 4.79 Å². The summed E-state index contributed by atoms with van der Waals surface area (Å²) in [5.74, 6) is -0.635. The average Bonchev–Trinajstić information content (AvgIpc) is 3.00. The molecule has 5 N–H and O–H groups in total. The lowest BCUT2D eigenvalue weighted by molar-refractivity contribution is 0.0197. The Hall–Kier alpha value is -2.46. The zero-order chi connectivity index (χ0) is 21.1. The molecule has 0 aliphatic carbocycles. The summed E-state index contributed by atoms with van der Waals surface area (Å²) < 4.78 is 5.36. The van der Waals surface area contributed by atoms with Crippen molar-refractivity contribution in [3.8, 4) is 0 Å². The first kappa shape index (κ1) is 21.3. The summed E-state index contributed by atoms with van der Waals surface area (Å²) in [7, 11) is 0. The van der Waals surface area contributed by atoms with Crippen LogP contribution in [0.2, 0.25) is 0 Å². The van der Waals surface area contributed by atoms with Crippen molar-refractivity contribution in [2.75, 3.05) is 31.1 Å². The van der Waals surface area contributed by atoms with E-state index in [2.05, 4.69) is 15.5 Å². The number of anilines is 1. The number of hydrogen-bond donors (Lipinski definition) is 5. The van der Waals surface area contributed by atoms with Gasteiger partial charge in [-0.05, 0) is 32.0 Å². The fourth-order valence-electron chi connectivity index (χ4n) is 3.63. The van der Waals surface area contributed by atoms with Gasteiger partial charge in [-0.2, -0.15) is 0 Å². The minimum absolute atomic E-state index is 0.0219. The molecule has 1 aliphatic heterocycles. The molecule has 2 aromatic rings. The van der Waals surface area contributed by atoms with Crippen molar-refractivity contribution in [1.29, 1.82) is 0 Å². The molecule has 9 heteroatoms. The molecule has 1 saturated heterocycles. The van der Waals surface area contributed by atoms with Gasteiger partial charge < -0.3 is 35.3 Å². The second-order valence-corrected chi connectivity index (χ2v) is 7.10. The maximum atomic E-state index is 12.5. The molecule has 0 spiro atoms. The second kappa shape index (κ2) is 8.91. The third-order valence-corrected chi connectivity index (χ3v) is 5.37. The number of aliphatic hydroxyl groups excluding tert-OH is 3. The number of aliphatic hydroxyl groups is 3. The molecule has 0 unspecified atom stereocenters. The molecule has 0 radical (unpaired) electrons. The molecule has 9 nitrogen and oxygen atoms in total. The first-order valence-corrected chi connectivity index (χ1v) is 9.73. The van der Waals surface area contributed by atoms with E-state index in [0.717, 1.165) is 18.8 Å². The SMILES string of the molecule is CCN(CC)c1ccc2cc(C(=O)NC[C@H]3N[C@H](CO)[C@H](O)[C@@H]3O)c(=O)oc2c1. The van der Waals surface area contributed by atoms with E-state index in [9.17, 15) is 24.9 Å². The van der Waals surface area contributed by atoms with Gasteiger partial charge in [0.2, 0.25) is 0 Å². The van der Waals surface area contributed by atoms with Crippen LogP contribution in [-0.4, -0.2) is 71.8 Å². The van der Waals surface area contributed by atoms with Gasteiger partial charge in [-0.15, -0.1) is 0 Å². The number of nitrogens with one attached hydrogen (secondary N) is 2. The number of fused-ring (bicyclic) bond motifs is 1. The van der Waals surface area contributed by atoms with E-state index in [-0.39, 0.29) is 18.7 Å². The normalized spacial score (nSPS) is 24.0. The van der Waals surface area contributed by atoms with Crippen LogP contribution in [-0.2, 0) is 0 Å². The van der Waals surface area contributed by atoms with Crippen LogP contribution in [0.25, 0.3) is 11.0 Å². The highest BCUT2D eigenvalue weighted by Crippen LogP contribution is 2.22. The molecule has 1 fully saturated rings. The second-order valence-electron chi connectivity index (χ2n) is 7.10. The van der Waals surface area contributed by atoms with Gasteiger partial charge in [0, 0.05) is 36.8 Å². The molecule has 1 aromatic heterocycles. The standard InChI is InChI=1S/C20H27N3O6/c1-3-23(4-2)12-6-5-11-7-13(20(28)29-16(11)8-12)19(27)21-9-14-17(25)18(26)15(10-24)22-14/h5-8,14-15,17-18,22,24-26H,3-4,9-10H2,1-2H3,(H,21,27)/t14-,15-,17-,18+/m1/s1. The van der Waals surface area contributed by atoms with Crippen LogP contribution in [0.4, 0.5) is 5.69 Å². The van der Waals surface area contributed by atoms with Gasteiger partial charge in [-0.1, -0.05) is 0 Å². The van der Waals surface area contributed by atoms with Crippen molar-refractivity contribution >= 4 is 22.6 Å². The Morgan fingerprint density at radius 2 is 1.86 bits per heavy atom. The van der Waals surface area contributed by atoms with Crippen LogP contribution in [0.3, 0.4) is 0 Å². The first-order chi connectivity index (χ1) is 13.9. The number of amides is 1. The highest BCUT2D eigenvalue weighted by molar-refractivity contribution is 5.97. The fourth-order valence-corrected chi connectivity index (χ4v) is 3.63. The summed E-state index contributed by atoms with van der Waals surface area (Å²) in [5, 5.41) is 35.0. The van der Waals surface area contributed by atoms with E-state index < -0.39 is 35.8 Å². The van der Waals surface area contributed by atoms with Gasteiger partial charge in [0.25, 0.3) is 5.91 Å². The Morgan fingerprint density at radius 1 is 1.17 bits per heavy atom. The van der Waals surface area contributed by atoms with Crippen LogP contribution in [0.1, 0.15) is 24.2 Å². The zero-order valence-corrected chi connectivity index (χ0v) is 16.5. The molecule has 1 aromatic carbocycles. The van der Waals surface area contributed by atoms with Gasteiger partial charge in [0.05, 0.1) is 30.9 Å². The zero-order valence-electron chi connectivity index (χ0n) is 16.5. The van der Waals surface area contributed by atoms with E-state index in [4.69, 9.17) is 4.42 Å². The average molecular weight is 405 g/mol. The Morgan fingerprint density at radius 3 is 2.48 bits per heavy atom. The minimum Gasteiger partial charge on any atom is -0.422 e. The van der Waals surface area contributed by atoms with Gasteiger partial charge >= 0.3 is 5.63 Å². The number of rotatable bonds is 7. The van der Waals surface area contributed by atoms with E-state index >= 15 is 0 Å². The summed E-state index contributed by atoms with van der Waals surface area (Å²) in [4.78, 5) is 26.9. The highest BCUT2D eigenvalue weighted by Gasteiger charge is 2.40. The third-order valence-electron chi connectivity index (χ3n) is 5.37.